The summed E-state index contributed by atoms with van der Waals surface area (Å²) in [5.41, 5.74) is -0.123. The zero-order valence-electron chi connectivity index (χ0n) is 9.82. The van der Waals surface area contributed by atoms with Crippen LogP contribution in [0.2, 0.25) is 0 Å². The van der Waals surface area contributed by atoms with Gasteiger partial charge in [-0.15, -0.1) is 0 Å². The molecule has 0 bridgehead atoms. The van der Waals surface area contributed by atoms with Gasteiger partial charge in [0.2, 0.25) is 0 Å². The van der Waals surface area contributed by atoms with Gasteiger partial charge in [-0.05, 0) is 6.42 Å². The summed E-state index contributed by atoms with van der Waals surface area (Å²) < 4.78 is 26.9. The van der Waals surface area contributed by atoms with Crippen molar-refractivity contribution in [2.24, 2.45) is 0 Å². The molecular formula is C9H20O5Si. The zero-order chi connectivity index (χ0) is 11.3. The fraction of sp³-hybridized carbons (Fsp3) is 1.00. The molecule has 0 amide bonds. The van der Waals surface area contributed by atoms with Crippen molar-refractivity contribution >= 4 is 8.80 Å². The first-order valence-electron chi connectivity index (χ1n) is 5.11. The van der Waals surface area contributed by atoms with Crippen molar-refractivity contribution in [1.82, 2.24) is 0 Å². The highest BCUT2D eigenvalue weighted by molar-refractivity contribution is 6.62. The predicted molar refractivity (Wildman–Crippen MR) is 56.6 cm³/mol. The summed E-state index contributed by atoms with van der Waals surface area (Å²) in [7, 11) is 2.12. The highest BCUT2D eigenvalue weighted by Gasteiger charge is 2.48. The quantitative estimate of drug-likeness (QED) is 0.456. The van der Waals surface area contributed by atoms with Crippen LogP contribution in [0.25, 0.3) is 0 Å². The molecule has 1 aliphatic rings. The van der Waals surface area contributed by atoms with Crippen LogP contribution in [0, 0.1) is 0 Å². The lowest BCUT2D eigenvalue weighted by Crippen LogP contribution is -2.55. The minimum atomic E-state index is -2.66. The number of hydrogen-bond acceptors (Lipinski definition) is 5. The third-order valence-electron chi connectivity index (χ3n) is 2.50. The minimum Gasteiger partial charge on any atom is -0.375 e. The molecule has 5 nitrogen and oxygen atoms in total. The largest absolute Gasteiger partial charge is 0.530 e. The van der Waals surface area contributed by atoms with Crippen molar-refractivity contribution in [1.29, 1.82) is 0 Å². The Morgan fingerprint density at radius 2 is 1.80 bits per heavy atom. The zero-order valence-corrected chi connectivity index (χ0v) is 10.8. The average molecular weight is 236 g/mol. The van der Waals surface area contributed by atoms with Crippen molar-refractivity contribution in [3.63, 3.8) is 0 Å². The number of epoxide rings is 1. The third-order valence-corrected chi connectivity index (χ3v) is 5.58. The van der Waals surface area contributed by atoms with Crippen molar-refractivity contribution < 1.29 is 22.8 Å². The maximum absolute atomic E-state index is 5.72. The van der Waals surface area contributed by atoms with Gasteiger partial charge in [0.15, 0.2) is 0 Å². The molecule has 1 heterocycles. The van der Waals surface area contributed by atoms with Crippen LogP contribution in [-0.4, -0.2) is 55.2 Å². The molecule has 1 aliphatic heterocycles. The van der Waals surface area contributed by atoms with E-state index in [9.17, 15) is 0 Å². The Morgan fingerprint density at radius 1 is 1.27 bits per heavy atom. The van der Waals surface area contributed by atoms with Crippen LogP contribution in [0.3, 0.4) is 0 Å². The minimum absolute atomic E-state index is 0.123. The monoisotopic (exact) mass is 236 g/mol. The van der Waals surface area contributed by atoms with Gasteiger partial charge in [0.05, 0.1) is 13.2 Å². The van der Waals surface area contributed by atoms with Crippen molar-refractivity contribution in [3.8, 4) is 0 Å². The summed E-state index contributed by atoms with van der Waals surface area (Å²) in [6.45, 7) is 3.40. The first-order chi connectivity index (χ1) is 7.22. The maximum Gasteiger partial charge on any atom is 0.530 e. The summed E-state index contributed by atoms with van der Waals surface area (Å²) >= 11 is 0. The third kappa shape index (κ3) is 3.23. The Kier molecular flexibility index (Phi) is 5.17. The standard InChI is InChI=1S/C9H20O5Si/c1-5-9(14-7-8-6-13-8)15(10-2,11-3)12-4/h8-9H,5-7H2,1-4H3/t8-,9?/m0/s1. The molecule has 1 rings (SSSR count). The van der Waals surface area contributed by atoms with E-state index in [2.05, 4.69) is 0 Å². The molecule has 0 radical (unpaired) electrons. The maximum atomic E-state index is 5.72. The van der Waals surface area contributed by atoms with E-state index >= 15 is 0 Å². The summed E-state index contributed by atoms with van der Waals surface area (Å²) in [5.74, 6) is 0. The van der Waals surface area contributed by atoms with Gasteiger partial charge in [0.1, 0.15) is 11.8 Å². The molecule has 0 N–H and O–H groups in total. The van der Waals surface area contributed by atoms with Crippen molar-refractivity contribution in [2.45, 2.75) is 25.2 Å². The van der Waals surface area contributed by atoms with Crippen LogP contribution < -0.4 is 0 Å². The smallest absolute Gasteiger partial charge is 0.375 e. The van der Waals surface area contributed by atoms with E-state index in [1.54, 1.807) is 21.3 Å². The van der Waals surface area contributed by atoms with E-state index in [-0.39, 0.29) is 11.8 Å². The van der Waals surface area contributed by atoms with Crippen LogP contribution in [-0.2, 0) is 22.8 Å². The molecule has 0 spiro atoms. The van der Waals surface area contributed by atoms with Gasteiger partial charge in [-0.3, -0.25) is 0 Å². The Labute approximate surface area is 92.0 Å². The van der Waals surface area contributed by atoms with Crippen molar-refractivity contribution in [2.75, 3.05) is 34.5 Å². The summed E-state index contributed by atoms with van der Waals surface area (Å²) in [6.07, 6.45) is 1.05. The first kappa shape index (κ1) is 13.1. The first-order valence-corrected chi connectivity index (χ1v) is 6.91. The highest BCUT2D eigenvalue weighted by Crippen LogP contribution is 2.20. The Bertz CT molecular complexity index is 173. The van der Waals surface area contributed by atoms with Gasteiger partial charge in [-0.1, -0.05) is 6.92 Å². The van der Waals surface area contributed by atoms with E-state index in [0.717, 1.165) is 13.0 Å². The molecule has 2 atom stereocenters. The Morgan fingerprint density at radius 3 is 2.13 bits per heavy atom. The lowest BCUT2D eigenvalue weighted by Gasteiger charge is -2.31. The molecule has 0 aromatic carbocycles. The average Bonchev–Trinajstić information content (AvgIpc) is 3.09. The van der Waals surface area contributed by atoms with Crippen molar-refractivity contribution in [3.05, 3.63) is 0 Å². The number of rotatable bonds is 8. The van der Waals surface area contributed by atoms with Gasteiger partial charge < -0.3 is 22.8 Å². The molecule has 0 saturated carbocycles. The summed E-state index contributed by atoms with van der Waals surface area (Å²) in [4.78, 5) is 0. The van der Waals surface area contributed by atoms with Gasteiger partial charge >= 0.3 is 8.80 Å². The Hall–Kier alpha value is 0.0169. The second kappa shape index (κ2) is 5.93. The normalized spacial score (nSPS) is 22.8. The molecular weight excluding hydrogens is 216 g/mol. The topological polar surface area (TPSA) is 49.5 Å². The van der Waals surface area contributed by atoms with Crippen LogP contribution in [0.5, 0.6) is 0 Å². The fourth-order valence-electron chi connectivity index (χ4n) is 1.50. The summed E-state index contributed by atoms with van der Waals surface area (Å²) in [5, 5.41) is 0. The molecule has 90 valence electrons. The van der Waals surface area contributed by atoms with Gasteiger partial charge in [0.25, 0.3) is 0 Å². The van der Waals surface area contributed by atoms with E-state index in [1.807, 2.05) is 6.92 Å². The summed E-state index contributed by atoms with van der Waals surface area (Å²) in [6, 6.07) is 0. The second-order valence-corrected chi connectivity index (χ2v) is 6.48. The molecule has 1 fully saturated rings. The highest BCUT2D eigenvalue weighted by atomic mass is 28.4. The van der Waals surface area contributed by atoms with Gasteiger partial charge in [-0.25, -0.2) is 0 Å². The van der Waals surface area contributed by atoms with Crippen LogP contribution in [0.1, 0.15) is 13.3 Å². The predicted octanol–water partition coefficient (Wildman–Crippen LogP) is 0.598. The second-order valence-electron chi connectivity index (χ2n) is 3.40. The number of ether oxygens (including phenoxy) is 2. The van der Waals surface area contributed by atoms with Crippen LogP contribution in [0.15, 0.2) is 0 Å². The molecule has 0 aliphatic carbocycles. The SMILES string of the molecule is CCC(OC[C@@H]1CO1)[Si](OC)(OC)OC. The molecule has 15 heavy (non-hydrogen) atoms. The van der Waals surface area contributed by atoms with E-state index in [0.29, 0.717) is 6.61 Å². The van der Waals surface area contributed by atoms with E-state index < -0.39 is 8.80 Å². The Balaban J connectivity index is 2.50. The van der Waals surface area contributed by atoms with Gasteiger partial charge in [-0.2, -0.15) is 0 Å². The molecule has 0 aromatic rings. The van der Waals surface area contributed by atoms with E-state index in [4.69, 9.17) is 22.8 Å². The lowest BCUT2D eigenvalue weighted by atomic mass is 10.5. The van der Waals surface area contributed by atoms with Crippen LogP contribution >= 0.6 is 0 Å². The van der Waals surface area contributed by atoms with E-state index in [1.165, 1.54) is 0 Å². The molecule has 6 heteroatoms. The number of hydrogen-bond donors (Lipinski definition) is 0. The van der Waals surface area contributed by atoms with Gasteiger partial charge in [0, 0.05) is 21.3 Å². The lowest BCUT2D eigenvalue weighted by molar-refractivity contribution is 0.00651. The molecule has 1 saturated heterocycles. The molecule has 0 aromatic heterocycles. The molecule has 1 unspecified atom stereocenters. The van der Waals surface area contributed by atoms with Crippen LogP contribution in [0.4, 0.5) is 0 Å². The fourth-order valence-corrected chi connectivity index (χ4v) is 3.59.